The van der Waals surface area contributed by atoms with Gasteiger partial charge < -0.3 is 15.1 Å². The van der Waals surface area contributed by atoms with Gasteiger partial charge in [0.25, 0.3) is 0 Å². The summed E-state index contributed by atoms with van der Waals surface area (Å²) >= 11 is 6.19. The molecule has 2 aliphatic heterocycles. The Kier molecular flexibility index (Phi) is 12.0. The van der Waals surface area contributed by atoms with Crippen molar-refractivity contribution < 1.29 is 9.18 Å². The summed E-state index contributed by atoms with van der Waals surface area (Å²) in [7, 11) is 2.17. The SMILES string of the molecule is CCN(CC)CC(c1ccccc1F)N1CCCN(C(=O)[C@@H](Cc2ccc(Cl)cc2)NC[C@H]2Cc3ccccc3CN2C)CC1. The highest BCUT2D eigenvalue weighted by molar-refractivity contribution is 6.30. The van der Waals surface area contributed by atoms with Crippen LogP contribution < -0.4 is 5.32 Å². The van der Waals surface area contributed by atoms with Gasteiger partial charge in [0, 0.05) is 62.4 Å². The Labute approximate surface area is 274 Å². The fourth-order valence-electron chi connectivity index (χ4n) is 6.90. The number of carbonyl (C=O) groups is 1. The summed E-state index contributed by atoms with van der Waals surface area (Å²) in [5.74, 6) is -0.0220. The quantitative estimate of drug-likeness (QED) is 0.279. The van der Waals surface area contributed by atoms with Gasteiger partial charge in [-0.2, -0.15) is 0 Å². The molecule has 2 heterocycles. The molecule has 3 aromatic carbocycles. The molecule has 0 aliphatic carbocycles. The van der Waals surface area contributed by atoms with Crippen LogP contribution in [0.15, 0.2) is 72.8 Å². The molecule has 0 aromatic heterocycles. The highest BCUT2D eigenvalue weighted by atomic mass is 35.5. The minimum Gasteiger partial charge on any atom is -0.340 e. The smallest absolute Gasteiger partial charge is 0.240 e. The zero-order chi connectivity index (χ0) is 31.8. The third-order valence-electron chi connectivity index (χ3n) is 9.74. The predicted octanol–water partition coefficient (Wildman–Crippen LogP) is 5.65. The van der Waals surface area contributed by atoms with E-state index in [2.05, 4.69) is 65.2 Å². The number of likely N-dealkylation sites (N-methyl/N-ethyl adjacent to an activating group) is 2. The van der Waals surface area contributed by atoms with Gasteiger partial charge in [0.1, 0.15) is 5.82 Å². The van der Waals surface area contributed by atoms with Gasteiger partial charge >= 0.3 is 0 Å². The fourth-order valence-corrected chi connectivity index (χ4v) is 7.03. The highest BCUT2D eigenvalue weighted by Crippen LogP contribution is 2.27. The minimum atomic E-state index is -0.346. The van der Waals surface area contributed by atoms with Crippen molar-refractivity contribution in [2.24, 2.45) is 0 Å². The van der Waals surface area contributed by atoms with Crippen molar-refractivity contribution in [3.8, 4) is 0 Å². The van der Waals surface area contributed by atoms with Gasteiger partial charge in [0.15, 0.2) is 0 Å². The van der Waals surface area contributed by atoms with Gasteiger partial charge in [0.2, 0.25) is 5.91 Å². The van der Waals surface area contributed by atoms with E-state index in [1.54, 1.807) is 12.1 Å². The molecule has 0 radical (unpaired) electrons. The second-order valence-corrected chi connectivity index (χ2v) is 13.0. The summed E-state index contributed by atoms with van der Waals surface area (Å²) in [6, 6.07) is 23.6. The maximum atomic E-state index is 15.1. The Bertz CT molecular complexity index is 1380. The third-order valence-corrected chi connectivity index (χ3v) is 9.99. The van der Waals surface area contributed by atoms with Gasteiger partial charge in [-0.3, -0.25) is 14.6 Å². The molecule has 0 bridgehead atoms. The number of halogens is 2. The van der Waals surface area contributed by atoms with Gasteiger partial charge in [0.05, 0.1) is 12.1 Å². The van der Waals surface area contributed by atoms with Crippen molar-refractivity contribution in [2.75, 3.05) is 59.4 Å². The molecule has 2 aliphatic rings. The van der Waals surface area contributed by atoms with Crippen LogP contribution in [0.5, 0.6) is 0 Å². The first-order chi connectivity index (χ1) is 21.9. The molecular formula is C37H49ClFN5O. The summed E-state index contributed by atoms with van der Waals surface area (Å²) in [5.41, 5.74) is 4.60. The first-order valence-corrected chi connectivity index (χ1v) is 17.0. The standard InChI is InChI=1S/C37H49ClFN5O/c1-4-42(5-2)27-36(33-13-8-9-14-34(33)39)43-19-10-20-44(22-21-43)37(45)35(23-28-15-17-31(38)18-16-28)40-25-32-24-29-11-6-7-12-30(29)26-41(32)3/h6-9,11-18,32,35-36,40H,4-5,10,19-27H2,1-3H3/t32-,35-,36?/m1/s1. The van der Waals surface area contributed by atoms with E-state index in [0.717, 1.165) is 63.2 Å². The topological polar surface area (TPSA) is 42.1 Å². The second kappa shape index (κ2) is 16.1. The average Bonchev–Trinajstić information content (AvgIpc) is 3.31. The van der Waals surface area contributed by atoms with Crippen LogP contribution in [0.4, 0.5) is 4.39 Å². The van der Waals surface area contributed by atoms with Crippen LogP contribution in [0.1, 0.15) is 48.6 Å². The molecule has 242 valence electrons. The molecule has 45 heavy (non-hydrogen) atoms. The van der Waals surface area contributed by atoms with Crippen molar-refractivity contribution in [1.29, 1.82) is 0 Å². The van der Waals surface area contributed by atoms with E-state index in [9.17, 15) is 4.79 Å². The van der Waals surface area contributed by atoms with Crippen LogP contribution in [0, 0.1) is 5.82 Å². The number of benzene rings is 3. The first-order valence-electron chi connectivity index (χ1n) is 16.6. The van der Waals surface area contributed by atoms with Crippen LogP contribution in [0.3, 0.4) is 0 Å². The molecule has 1 N–H and O–H groups in total. The lowest BCUT2D eigenvalue weighted by atomic mass is 9.94. The van der Waals surface area contributed by atoms with Crippen molar-refractivity contribution in [1.82, 2.24) is 24.9 Å². The van der Waals surface area contributed by atoms with E-state index < -0.39 is 0 Å². The lowest BCUT2D eigenvalue weighted by Crippen LogP contribution is -2.53. The van der Waals surface area contributed by atoms with E-state index in [1.165, 1.54) is 11.1 Å². The lowest BCUT2D eigenvalue weighted by molar-refractivity contribution is -0.133. The number of amides is 1. The average molecular weight is 634 g/mol. The van der Waals surface area contributed by atoms with Gasteiger partial charge in [-0.05, 0) is 74.3 Å². The van der Waals surface area contributed by atoms with E-state index >= 15 is 4.39 Å². The maximum Gasteiger partial charge on any atom is 0.240 e. The summed E-state index contributed by atoms with van der Waals surface area (Å²) in [6.45, 7) is 11.4. The first kappa shape index (κ1) is 33.6. The van der Waals surface area contributed by atoms with Crippen LogP contribution in [0.2, 0.25) is 5.02 Å². The Morgan fingerprint density at radius 1 is 0.956 bits per heavy atom. The van der Waals surface area contributed by atoms with Gasteiger partial charge in [-0.1, -0.05) is 80.0 Å². The monoisotopic (exact) mass is 633 g/mol. The Balaban J connectivity index is 1.30. The summed E-state index contributed by atoms with van der Waals surface area (Å²) in [4.78, 5) is 23.5. The number of nitrogens with one attached hydrogen (secondary N) is 1. The molecule has 1 fully saturated rings. The van der Waals surface area contributed by atoms with Crippen LogP contribution in [-0.2, 0) is 24.2 Å². The van der Waals surface area contributed by atoms with Gasteiger partial charge in [-0.15, -0.1) is 0 Å². The second-order valence-electron chi connectivity index (χ2n) is 12.6. The fraction of sp³-hybridized carbons (Fsp3) is 0.486. The van der Waals surface area contributed by atoms with Crippen LogP contribution in [-0.4, -0.2) is 97.0 Å². The predicted molar refractivity (Wildman–Crippen MR) is 182 cm³/mol. The van der Waals surface area contributed by atoms with E-state index in [4.69, 9.17) is 11.6 Å². The van der Waals surface area contributed by atoms with E-state index in [1.807, 2.05) is 41.3 Å². The number of hydrogen-bond donors (Lipinski definition) is 1. The minimum absolute atomic E-state index is 0.0612. The summed E-state index contributed by atoms with van der Waals surface area (Å²) in [5, 5.41) is 4.40. The van der Waals surface area contributed by atoms with Crippen LogP contribution in [0.25, 0.3) is 0 Å². The number of carbonyl (C=O) groups excluding carboxylic acids is 1. The molecular weight excluding hydrogens is 585 g/mol. The zero-order valence-electron chi connectivity index (χ0n) is 27.1. The van der Waals surface area contributed by atoms with Crippen molar-refractivity contribution in [3.05, 3.63) is 106 Å². The molecule has 3 atom stereocenters. The normalized spacial score (nSPS) is 19.2. The molecule has 1 unspecified atom stereocenters. The third kappa shape index (κ3) is 8.72. The van der Waals surface area contributed by atoms with Crippen molar-refractivity contribution >= 4 is 17.5 Å². The van der Waals surface area contributed by atoms with Crippen molar-refractivity contribution in [3.63, 3.8) is 0 Å². The molecule has 1 amide bonds. The Morgan fingerprint density at radius 2 is 1.67 bits per heavy atom. The summed E-state index contributed by atoms with van der Waals surface area (Å²) < 4.78 is 15.1. The molecule has 1 saturated heterocycles. The molecule has 6 nitrogen and oxygen atoms in total. The number of nitrogens with zero attached hydrogens (tertiary/aromatic N) is 4. The van der Waals surface area contributed by atoms with Crippen molar-refractivity contribution in [2.45, 2.75) is 57.8 Å². The van der Waals surface area contributed by atoms with E-state index in [-0.39, 0.29) is 23.8 Å². The Morgan fingerprint density at radius 3 is 2.40 bits per heavy atom. The summed E-state index contributed by atoms with van der Waals surface area (Å²) in [6.07, 6.45) is 2.41. The van der Waals surface area contributed by atoms with Crippen LogP contribution >= 0.6 is 11.6 Å². The number of rotatable bonds is 12. The highest BCUT2D eigenvalue weighted by Gasteiger charge is 2.32. The Hall–Kier alpha value is -2.81. The molecule has 0 saturated carbocycles. The van der Waals surface area contributed by atoms with E-state index in [0.29, 0.717) is 37.1 Å². The number of hydrogen-bond acceptors (Lipinski definition) is 5. The maximum absolute atomic E-state index is 15.1. The van der Waals surface area contributed by atoms with Gasteiger partial charge in [-0.25, -0.2) is 4.39 Å². The molecule has 8 heteroatoms. The zero-order valence-corrected chi connectivity index (χ0v) is 27.9. The lowest BCUT2D eigenvalue weighted by Gasteiger charge is -2.36. The molecule has 0 spiro atoms. The molecule has 5 rings (SSSR count). The molecule has 3 aromatic rings. The number of fused-ring (bicyclic) bond motifs is 1. The largest absolute Gasteiger partial charge is 0.340 e.